The molecule has 2 unspecified atom stereocenters. The number of carboxylic acid groups (broad SMARTS) is 1. The van der Waals surface area contributed by atoms with Gasteiger partial charge in [0.15, 0.2) is 0 Å². The lowest BCUT2D eigenvalue weighted by Gasteiger charge is -2.24. The van der Waals surface area contributed by atoms with Crippen molar-refractivity contribution in [3.8, 4) is 5.75 Å². The highest BCUT2D eigenvalue weighted by Gasteiger charge is 2.24. The number of benzene rings is 2. The first-order valence-electron chi connectivity index (χ1n) is 9.50. The van der Waals surface area contributed by atoms with Crippen LogP contribution >= 0.6 is 0 Å². The van der Waals surface area contributed by atoms with Crippen LogP contribution in [-0.2, 0) is 4.74 Å². The highest BCUT2D eigenvalue weighted by Crippen LogP contribution is 2.37. The monoisotopic (exact) mass is 397 g/mol. The average molecular weight is 397 g/mol. The minimum atomic E-state index is -1.09. The molecule has 1 amide bonds. The van der Waals surface area contributed by atoms with E-state index in [9.17, 15) is 4.79 Å². The van der Waals surface area contributed by atoms with E-state index in [4.69, 9.17) is 20.3 Å². The number of nitrogens with one attached hydrogen (secondary N) is 2. The number of ether oxygens (including phenoxy) is 2. The lowest BCUT2D eigenvalue weighted by molar-refractivity contribution is 0.146. The molecule has 29 heavy (non-hydrogen) atoms. The van der Waals surface area contributed by atoms with Gasteiger partial charge in [0.1, 0.15) is 12.4 Å². The molecule has 0 aliphatic heterocycles. The summed E-state index contributed by atoms with van der Waals surface area (Å²) in [6, 6.07) is 11.3. The number of rotatable bonds is 8. The highest BCUT2D eigenvalue weighted by molar-refractivity contribution is 5.87. The van der Waals surface area contributed by atoms with E-state index in [0.29, 0.717) is 18.9 Å². The predicted molar refractivity (Wildman–Crippen MR) is 114 cm³/mol. The standard InChI is InChI=1S/C22H27N3O4/c1-13-16(5-4-6-19(13)25-22(26)27)21(14(2)23)18-12-24-20-11-15(7-8-17(18)20)29-10-9-28-3/h4-8,11-12,14,21,24-25H,9-10,23H2,1-3H3,(H,26,27). The summed E-state index contributed by atoms with van der Waals surface area (Å²) in [5.74, 6) is 0.670. The van der Waals surface area contributed by atoms with Gasteiger partial charge in [-0.3, -0.25) is 5.32 Å². The lowest BCUT2D eigenvalue weighted by atomic mass is 9.83. The van der Waals surface area contributed by atoms with Gasteiger partial charge in [0, 0.05) is 47.9 Å². The van der Waals surface area contributed by atoms with E-state index >= 15 is 0 Å². The first-order chi connectivity index (χ1) is 13.9. The van der Waals surface area contributed by atoms with Crippen LogP contribution in [-0.4, -0.2) is 42.5 Å². The summed E-state index contributed by atoms with van der Waals surface area (Å²) in [4.78, 5) is 14.4. The third-order valence-corrected chi connectivity index (χ3v) is 5.05. The summed E-state index contributed by atoms with van der Waals surface area (Å²) in [5, 5.41) is 12.6. The number of carbonyl (C=O) groups is 1. The van der Waals surface area contributed by atoms with Crippen LogP contribution in [0.4, 0.5) is 10.5 Å². The fourth-order valence-electron chi connectivity index (χ4n) is 3.69. The molecular formula is C22H27N3O4. The number of nitrogens with two attached hydrogens (primary N) is 1. The molecule has 0 saturated carbocycles. The van der Waals surface area contributed by atoms with Crippen LogP contribution in [0.5, 0.6) is 5.75 Å². The SMILES string of the molecule is COCCOc1ccc2c(C(c3cccc(NC(=O)O)c3C)C(C)N)c[nH]c2c1. The molecule has 154 valence electrons. The van der Waals surface area contributed by atoms with Crippen molar-refractivity contribution >= 4 is 22.7 Å². The number of anilines is 1. The Morgan fingerprint density at radius 3 is 2.72 bits per heavy atom. The van der Waals surface area contributed by atoms with Crippen molar-refractivity contribution in [2.24, 2.45) is 5.73 Å². The van der Waals surface area contributed by atoms with Crippen LogP contribution in [0.15, 0.2) is 42.6 Å². The van der Waals surface area contributed by atoms with Crippen molar-refractivity contribution in [3.63, 3.8) is 0 Å². The molecule has 0 aliphatic rings. The molecule has 0 aliphatic carbocycles. The second-order valence-electron chi connectivity index (χ2n) is 7.08. The van der Waals surface area contributed by atoms with Gasteiger partial charge in [0.2, 0.25) is 0 Å². The molecule has 0 fully saturated rings. The molecule has 1 aromatic heterocycles. The normalized spacial score (nSPS) is 13.2. The van der Waals surface area contributed by atoms with Gasteiger partial charge in [-0.1, -0.05) is 12.1 Å². The summed E-state index contributed by atoms with van der Waals surface area (Å²) < 4.78 is 10.7. The molecule has 7 heteroatoms. The van der Waals surface area contributed by atoms with Gasteiger partial charge in [-0.2, -0.15) is 0 Å². The number of aromatic nitrogens is 1. The predicted octanol–water partition coefficient (Wildman–Crippen LogP) is 4.07. The van der Waals surface area contributed by atoms with Gasteiger partial charge in [-0.15, -0.1) is 0 Å². The van der Waals surface area contributed by atoms with E-state index in [1.165, 1.54) is 0 Å². The van der Waals surface area contributed by atoms with Gasteiger partial charge >= 0.3 is 6.09 Å². The number of aromatic amines is 1. The van der Waals surface area contributed by atoms with Crippen molar-refractivity contribution in [2.45, 2.75) is 25.8 Å². The van der Waals surface area contributed by atoms with Crippen molar-refractivity contribution in [2.75, 3.05) is 25.6 Å². The molecule has 7 nitrogen and oxygen atoms in total. The Balaban J connectivity index is 2.00. The zero-order chi connectivity index (χ0) is 21.0. The molecule has 3 aromatic rings. The van der Waals surface area contributed by atoms with E-state index in [1.54, 1.807) is 13.2 Å². The number of amides is 1. The van der Waals surface area contributed by atoms with Crippen LogP contribution in [0, 0.1) is 6.92 Å². The molecule has 1 heterocycles. The van der Waals surface area contributed by atoms with Gasteiger partial charge in [0.05, 0.1) is 6.61 Å². The Hall–Kier alpha value is -3.03. The van der Waals surface area contributed by atoms with E-state index in [1.807, 2.05) is 50.4 Å². The van der Waals surface area contributed by atoms with Crippen molar-refractivity contribution in [3.05, 3.63) is 59.3 Å². The van der Waals surface area contributed by atoms with Crippen LogP contribution < -0.4 is 15.8 Å². The van der Waals surface area contributed by atoms with Gasteiger partial charge in [0.25, 0.3) is 0 Å². The van der Waals surface area contributed by atoms with Crippen LogP contribution in [0.2, 0.25) is 0 Å². The first-order valence-corrected chi connectivity index (χ1v) is 9.50. The van der Waals surface area contributed by atoms with Crippen LogP contribution in [0.25, 0.3) is 10.9 Å². The highest BCUT2D eigenvalue weighted by atomic mass is 16.5. The average Bonchev–Trinajstić information content (AvgIpc) is 3.07. The number of methoxy groups -OCH3 is 1. The van der Waals surface area contributed by atoms with Crippen molar-refractivity contribution < 1.29 is 19.4 Å². The Morgan fingerprint density at radius 1 is 1.24 bits per heavy atom. The first kappa shape index (κ1) is 20.7. The molecule has 0 saturated heterocycles. The zero-order valence-corrected chi connectivity index (χ0v) is 16.9. The Kier molecular flexibility index (Phi) is 6.41. The maximum absolute atomic E-state index is 11.1. The molecule has 2 atom stereocenters. The Morgan fingerprint density at radius 2 is 2.03 bits per heavy atom. The van der Waals surface area contributed by atoms with E-state index in [2.05, 4.69) is 10.3 Å². The molecule has 5 N–H and O–H groups in total. The second kappa shape index (κ2) is 8.98. The third-order valence-electron chi connectivity index (χ3n) is 5.05. The van der Waals surface area contributed by atoms with Gasteiger partial charge in [-0.25, -0.2) is 4.79 Å². The maximum atomic E-state index is 11.1. The van der Waals surface area contributed by atoms with Crippen LogP contribution in [0.3, 0.4) is 0 Å². The summed E-state index contributed by atoms with van der Waals surface area (Å²) in [5.41, 5.74) is 10.8. The van der Waals surface area contributed by atoms with Gasteiger partial charge < -0.3 is 25.3 Å². The number of hydrogen-bond acceptors (Lipinski definition) is 4. The maximum Gasteiger partial charge on any atom is 0.409 e. The molecule has 0 radical (unpaired) electrons. The lowest BCUT2D eigenvalue weighted by Crippen LogP contribution is -2.26. The summed E-state index contributed by atoms with van der Waals surface area (Å²) in [6.45, 7) is 4.89. The minimum absolute atomic E-state index is 0.0976. The zero-order valence-electron chi connectivity index (χ0n) is 16.9. The van der Waals surface area contributed by atoms with Gasteiger partial charge in [-0.05, 0) is 48.7 Å². The van der Waals surface area contributed by atoms with Crippen molar-refractivity contribution in [1.82, 2.24) is 4.98 Å². The van der Waals surface area contributed by atoms with Crippen molar-refractivity contribution in [1.29, 1.82) is 0 Å². The Bertz CT molecular complexity index is 997. The van der Waals surface area contributed by atoms with E-state index in [0.717, 1.165) is 33.3 Å². The third kappa shape index (κ3) is 4.52. The number of fused-ring (bicyclic) bond motifs is 1. The molecule has 3 rings (SSSR count). The largest absolute Gasteiger partial charge is 0.491 e. The summed E-state index contributed by atoms with van der Waals surface area (Å²) in [7, 11) is 1.64. The topological polar surface area (TPSA) is 110 Å². The molecule has 0 bridgehead atoms. The summed E-state index contributed by atoms with van der Waals surface area (Å²) >= 11 is 0. The number of H-pyrrole nitrogens is 1. The van der Waals surface area contributed by atoms with E-state index in [-0.39, 0.29) is 12.0 Å². The minimum Gasteiger partial charge on any atom is -0.491 e. The number of hydrogen-bond donors (Lipinski definition) is 4. The smallest absolute Gasteiger partial charge is 0.409 e. The van der Waals surface area contributed by atoms with E-state index < -0.39 is 6.09 Å². The molecule has 0 spiro atoms. The Labute approximate surface area is 169 Å². The van der Waals surface area contributed by atoms with Crippen LogP contribution in [0.1, 0.15) is 29.5 Å². The second-order valence-corrected chi connectivity index (χ2v) is 7.08. The fourth-order valence-corrected chi connectivity index (χ4v) is 3.69. The molecule has 2 aromatic carbocycles. The molecular weight excluding hydrogens is 370 g/mol. The fraction of sp³-hybridized carbons (Fsp3) is 0.318. The summed E-state index contributed by atoms with van der Waals surface area (Å²) in [6.07, 6.45) is 0.879. The quantitative estimate of drug-likeness (QED) is 0.428.